The number of benzene rings is 1. The SMILES string of the molecule is CCOC(=O)c1cc([N+](=O)[O-])c(Oc2ccc(C(=O)OC)cc2)s1. The van der Waals surface area contributed by atoms with Crippen LogP contribution in [0.3, 0.4) is 0 Å². The first-order valence-corrected chi connectivity index (χ1v) is 7.59. The minimum absolute atomic E-state index is 0.0473. The first kappa shape index (κ1) is 17.4. The summed E-state index contributed by atoms with van der Waals surface area (Å²) in [6.07, 6.45) is 0. The van der Waals surface area contributed by atoms with E-state index in [1.165, 1.54) is 31.4 Å². The summed E-state index contributed by atoms with van der Waals surface area (Å²) in [7, 11) is 1.26. The number of carbonyl (C=O) groups is 2. The third-order valence-corrected chi connectivity index (χ3v) is 3.82. The molecule has 0 amide bonds. The molecule has 0 aliphatic heterocycles. The topological polar surface area (TPSA) is 105 Å². The Morgan fingerprint density at radius 2 is 1.88 bits per heavy atom. The van der Waals surface area contributed by atoms with E-state index in [9.17, 15) is 19.7 Å². The third-order valence-electron chi connectivity index (χ3n) is 2.84. The molecule has 0 unspecified atom stereocenters. The molecule has 0 saturated heterocycles. The van der Waals surface area contributed by atoms with Crippen molar-refractivity contribution in [2.45, 2.75) is 6.92 Å². The summed E-state index contributed by atoms with van der Waals surface area (Å²) in [5.41, 5.74) is -0.0159. The van der Waals surface area contributed by atoms with E-state index in [1.807, 2.05) is 0 Å². The van der Waals surface area contributed by atoms with Crippen molar-refractivity contribution in [2.24, 2.45) is 0 Å². The predicted molar refractivity (Wildman–Crippen MR) is 84.8 cm³/mol. The zero-order valence-corrected chi connectivity index (χ0v) is 13.6. The van der Waals surface area contributed by atoms with Gasteiger partial charge in [0.15, 0.2) is 0 Å². The molecule has 1 aromatic carbocycles. The number of ether oxygens (including phenoxy) is 3. The smallest absolute Gasteiger partial charge is 0.348 e. The number of esters is 2. The molecular formula is C15H13NO7S. The van der Waals surface area contributed by atoms with Crippen molar-refractivity contribution >= 4 is 29.0 Å². The molecule has 2 rings (SSSR count). The second kappa shape index (κ2) is 7.55. The van der Waals surface area contributed by atoms with Crippen molar-refractivity contribution < 1.29 is 28.7 Å². The Balaban J connectivity index is 2.26. The Kier molecular flexibility index (Phi) is 5.48. The number of methoxy groups -OCH3 is 1. The number of nitro groups is 1. The number of hydrogen-bond donors (Lipinski definition) is 0. The van der Waals surface area contributed by atoms with E-state index < -0.39 is 16.9 Å². The number of nitrogens with zero attached hydrogens (tertiary/aromatic N) is 1. The lowest BCUT2D eigenvalue weighted by atomic mass is 10.2. The van der Waals surface area contributed by atoms with Gasteiger partial charge in [-0.15, -0.1) is 0 Å². The fraction of sp³-hybridized carbons (Fsp3) is 0.200. The molecule has 0 N–H and O–H groups in total. The van der Waals surface area contributed by atoms with E-state index in [0.717, 1.165) is 17.4 Å². The zero-order chi connectivity index (χ0) is 17.7. The van der Waals surface area contributed by atoms with Gasteiger partial charge in [-0.2, -0.15) is 0 Å². The molecule has 0 radical (unpaired) electrons. The number of hydrogen-bond acceptors (Lipinski definition) is 8. The van der Waals surface area contributed by atoms with Gasteiger partial charge >= 0.3 is 17.6 Å². The standard InChI is InChI=1S/C15H13NO7S/c1-3-22-14(18)12-8-11(16(19)20)15(24-12)23-10-6-4-9(5-7-10)13(17)21-2/h4-8H,3H2,1-2H3. The number of thiophene rings is 1. The second-order valence-corrected chi connectivity index (χ2v) is 5.39. The van der Waals surface area contributed by atoms with Gasteiger partial charge in [0.2, 0.25) is 0 Å². The molecule has 2 aromatic rings. The fourth-order valence-electron chi connectivity index (χ4n) is 1.75. The first-order valence-electron chi connectivity index (χ1n) is 6.77. The van der Waals surface area contributed by atoms with Crippen molar-refractivity contribution in [1.29, 1.82) is 0 Å². The van der Waals surface area contributed by atoms with Gasteiger partial charge in [0, 0.05) is 6.07 Å². The summed E-state index contributed by atoms with van der Waals surface area (Å²) < 4.78 is 14.9. The van der Waals surface area contributed by atoms with Crippen LogP contribution in [0.15, 0.2) is 30.3 Å². The highest BCUT2D eigenvalue weighted by Crippen LogP contribution is 2.40. The average Bonchev–Trinajstić information content (AvgIpc) is 2.99. The minimum atomic E-state index is -0.651. The van der Waals surface area contributed by atoms with Crippen LogP contribution >= 0.6 is 11.3 Å². The summed E-state index contributed by atoms with van der Waals surface area (Å²) in [6.45, 7) is 1.80. The van der Waals surface area contributed by atoms with Crippen LogP contribution in [0, 0.1) is 10.1 Å². The molecule has 0 saturated carbocycles. The summed E-state index contributed by atoms with van der Waals surface area (Å²) >= 11 is 0.816. The van der Waals surface area contributed by atoms with Gasteiger partial charge in [-0.1, -0.05) is 11.3 Å². The fourth-order valence-corrected chi connectivity index (χ4v) is 2.64. The summed E-state index contributed by atoms with van der Waals surface area (Å²) in [5, 5.41) is 11.1. The third kappa shape index (κ3) is 3.87. The van der Waals surface area contributed by atoms with E-state index in [-0.39, 0.29) is 28.0 Å². The number of carbonyl (C=O) groups excluding carboxylic acids is 2. The van der Waals surface area contributed by atoms with Crippen LogP contribution in [0.1, 0.15) is 27.0 Å². The monoisotopic (exact) mass is 351 g/mol. The first-order chi connectivity index (χ1) is 11.5. The molecule has 0 aliphatic rings. The van der Waals surface area contributed by atoms with E-state index in [4.69, 9.17) is 9.47 Å². The Labute approximate surface area is 140 Å². The van der Waals surface area contributed by atoms with Gasteiger partial charge in [-0.25, -0.2) is 9.59 Å². The van der Waals surface area contributed by atoms with Crippen LogP contribution < -0.4 is 4.74 Å². The van der Waals surface area contributed by atoms with E-state index in [2.05, 4.69) is 4.74 Å². The van der Waals surface area contributed by atoms with Crippen LogP contribution in [-0.4, -0.2) is 30.6 Å². The van der Waals surface area contributed by atoms with Crippen LogP contribution in [-0.2, 0) is 9.47 Å². The Morgan fingerprint density at radius 3 is 2.42 bits per heavy atom. The van der Waals surface area contributed by atoms with E-state index in [1.54, 1.807) is 6.92 Å². The van der Waals surface area contributed by atoms with Crippen molar-refractivity contribution in [3.63, 3.8) is 0 Å². The van der Waals surface area contributed by atoms with E-state index in [0.29, 0.717) is 5.56 Å². The van der Waals surface area contributed by atoms with Crippen molar-refractivity contribution in [2.75, 3.05) is 13.7 Å². The van der Waals surface area contributed by atoms with Gasteiger partial charge in [0.1, 0.15) is 10.6 Å². The van der Waals surface area contributed by atoms with Crippen LogP contribution in [0.25, 0.3) is 0 Å². The van der Waals surface area contributed by atoms with E-state index >= 15 is 0 Å². The van der Waals surface area contributed by atoms with Gasteiger partial charge < -0.3 is 14.2 Å². The molecule has 0 fully saturated rings. The van der Waals surface area contributed by atoms with Gasteiger partial charge in [-0.05, 0) is 31.2 Å². The molecule has 0 bridgehead atoms. The lowest BCUT2D eigenvalue weighted by molar-refractivity contribution is -0.385. The lowest BCUT2D eigenvalue weighted by Gasteiger charge is -2.04. The normalized spacial score (nSPS) is 10.1. The van der Waals surface area contributed by atoms with Crippen LogP contribution in [0.5, 0.6) is 10.8 Å². The van der Waals surface area contributed by atoms with Crippen LogP contribution in [0.2, 0.25) is 0 Å². The van der Waals surface area contributed by atoms with Crippen LogP contribution in [0.4, 0.5) is 5.69 Å². The molecule has 24 heavy (non-hydrogen) atoms. The Hall–Kier alpha value is -2.94. The quantitative estimate of drug-likeness (QED) is 0.446. The molecule has 1 heterocycles. The van der Waals surface area contributed by atoms with Gasteiger partial charge in [0.05, 0.1) is 24.2 Å². The molecular weight excluding hydrogens is 338 g/mol. The molecule has 0 atom stereocenters. The maximum absolute atomic E-state index is 11.7. The van der Waals surface area contributed by atoms with Crippen molar-refractivity contribution in [3.05, 3.63) is 50.9 Å². The van der Waals surface area contributed by atoms with Crippen molar-refractivity contribution in [1.82, 2.24) is 0 Å². The highest BCUT2D eigenvalue weighted by molar-refractivity contribution is 7.16. The average molecular weight is 351 g/mol. The molecule has 8 nitrogen and oxygen atoms in total. The molecule has 0 spiro atoms. The number of rotatable bonds is 6. The molecule has 9 heteroatoms. The Bertz CT molecular complexity index is 767. The lowest BCUT2D eigenvalue weighted by Crippen LogP contribution is -2.01. The molecule has 0 aliphatic carbocycles. The van der Waals surface area contributed by atoms with Gasteiger partial charge in [-0.3, -0.25) is 10.1 Å². The largest absolute Gasteiger partial charge is 0.465 e. The second-order valence-electron chi connectivity index (χ2n) is 4.38. The molecule has 1 aromatic heterocycles. The van der Waals surface area contributed by atoms with Gasteiger partial charge in [0.25, 0.3) is 5.06 Å². The molecule has 126 valence electrons. The summed E-state index contributed by atoms with van der Waals surface area (Å²) in [4.78, 5) is 33.6. The summed E-state index contributed by atoms with van der Waals surface area (Å²) in [5.74, 6) is -0.877. The highest BCUT2D eigenvalue weighted by atomic mass is 32.1. The maximum Gasteiger partial charge on any atom is 0.348 e. The minimum Gasteiger partial charge on any atom is -0.465 e. The Morgan fingerprint density at radius 1 is 1.21 bits per heavy atom. The maximum atomic E-state index is 11.7. The predicted octanol–water partition coefficient (Wildman–Crippen LogP) is 3.41. The zero-order valence-electron chi connectivity index (χ0n) is 12.8. The van der Waals surface area contributed by atoms with Crippen molar-refractivity contribution in [3.8, 4) is 10.8 Å². The highest BCUT2D eigenvalue weighted by Gasteiger charge is 2.25. The summed E-state index contributed by atoms with van der Waals surface area (Å²) in [6, 6.07) is 6.99.